The van der Waals surface area contributed by atoms with Gasteiger partial charge in [-0.2, -0.15) is 0 Å². The normalized spacial score (nSPS) is 12.9. The first-order chi connectivity index (χ1) is 9.82. The van der Waals surface area contributed by atoms with Crippen LogP contribution in [0.25, 0.3) is 0 Å². The standard InChI is InChI=1S/C14H19N3O4/c1-9(12(18)17(3)10(2)13(19)20)15-14(21)16-11-7-5-4-6-8-11/h4-10H,1-3H3,(H,19,20)(H2,15,16,21). The minimum absolute atomic E-state index is 0.479. The quantitative estimate of drug-likeness (QED) is 0.757. The van der Waals surface area contributed by atoms with Crippen molar-refractivity contribution in [1.29, 1.82) is 0 Å². The number of nitrogens with zero attached hydrogens (tertiary/aromatic N) is 1. The number of rotatable bonds is 5. The second-order valence-corrected chi connectivity index (χ2v) is 4.65. The maximum atomic E-state index is 12.0. The molecule has 0 radical (unpaired) electrons. The number of carboxylic acids is 1. The molecule has 0 aromatic heterocycles. The van der Waals surface area contributed by atoms with Gasteiger partial charge < -0.3 is 20.6 Å². The molecule has 2 unspecified atom stereocenters. The molecule has 1 aromatic carbocycles. The summed E-state index contributed by atoms with van der Waals surface area (Å²) in [6.07, 6.45) is 0. The Labute approximate surface area is 122 Å². The van der Waals surface area contributed by atoms with Gasteiger partial charge in [-0.15, -0.1) is 0 Å². The zero-order chi connectivity index (χ0) is 16.0. The van der Waals surface area contributed by atoms with Crippen LogP contribution in [-0.2, 0) is 9.59 Å². The first-order valence-electron chi connectivity index (χ1n) is 6.45. The molecule has 0 saturated heterocycles. The summed E-state index contributed by atoms with van der Waals surface area (Å²) in [6.45, 7) is 2.90. The van der Waals surface area contributed by atoms with E-state index in [0.29, 0.717) is 5.69 Å². The van der Waals surface area contributed by atoms with Gasteiger partial charge in [0.2, 0.25) is 5.91 Å². The van der Waals surface area contributed by atoms with Crippen molar-refractivity contribution in [3.63, 3.8) is 0 Å². The fourth-order valence-electron chi connectivity index (χ4n) is 1.61. The number of hydrogen-bond acceptors (Lipinski definition) is 3. The highest BCUT2D eigenvalue weighted by molar-refractivity contribution is 5.94. The van der Waals surface area contributed by atoms with E-state index in [1.165, 1.54) is 20.9 Å². The number of amides is 3. The number of carbonyl (C=O) groups is 3. The summed E-state index contributed by atoms with van der Waals surface area (Å²) in [5.41, 5.74) is 0.599. The highest BCUT2D eigenvalue weighted by atomic mass is 16.4. The molecule has 7 heteroatoms. The predicted octanol–water partition coefficient (Wildman–Crippen LogP) is 1.13. The molecule has 0 aliphatic heterocycles. The molecule has 0 spiro atoms. The Morgan fingerprint density at radius 2 is 1.71 bits per heavy atom. The third kappa shape index (κ3) is 4.79. The Balaban J connectivity index is 2.56. The van der Waals surface area contributed by atoms with Crippen molar-refractivity contribution in [2.45, 2.75) is 25.9 Å². The summed E-state index contributed by atoms with van der Waals surface area (Å²) in [5, 5.41) is 13.9. The lowest BCUT2D eigenvalue weighted by Gasteiger charge is -2.25. The number of para-hydroxylation sites is 1. The van der Waals surface area contributed by atoms with E-state index in [1.54, 1.807) is 24.3 Å². The van der Waals surface area contributed by atoms with Gasteiger partial charge in [-0.1, -0.05) is 18.2 Å². The van der Waals surface area contributed by atoms with Crippen molar-refractivity contribution in [3.8, 4) is 0 Å². The van der Waals surface area contributed by atoms with Crippen LogP contribution >= 0.6 is 0 Å². The molecule has 2 atom stereocenters. The number of likely N-dealkylation sites (N-methyl/N-ethyl adjacent to an activating group) is 1. The minimum Gasteiger partial charge on any atom is -0.480 e. The topological polar surface area (TPSA) is 98.7 Å². The van der Waals surface area contributed by atoms with Gasteiger partial charge in [0.1, 0.15) is 12.1 Å². The minimum atomic E-state index is -1.10. The van der Waals surface area contributed by atoms with Crippen molar-refractivity contribution in [2.75, 3.05) is 12.4 Å². The molecule has 0 aliphatic rings. The molecule has 114 valence electrons. The monoisotopic (exact) mass is 293 g/mol. The van der Waals surface area contributed by atoms with Crippen molar-refractivity contribution in [1.82, 2.24) is 10.2 Å². The molecule has 1 aromatic rings. The molecule has 21 heavy (non-hydrogen) atoms. The highest BCUT2D eigenvalue weighted by Crippen LogP contribution is 2.05. The molecular weight excluding hydrogens is 274 g/mol. The van der Waals surface area contributed by atoms with Gasteiger partial charge in [0.15, 0.2) is 0 Å². The molecule has 0 fully saturated rings. The third-order valence-corrected chi connectivity index (χ3v) is 3.04. The smallest absolute Gasteiger partial charge is 0.326 e. The molecule has 7 nitrogen and oxygen atoms in total. The Bertz CT molecular complexity index is 518. The molecule has 3 amide bonds. The Hall–Kier alpha value is -2.57. The van der Waals surface area contributed by atoms with Crippen molar-refractivity contribution >= 4 is 23.6 Å². The zero-order valence-corrected chi connectivity index (χ0v) is 12.2. The van der Waals surface area contributed by atoms with Crippen LogP contribution in [0.15, 0.2) is 30.3 Å². The summed E-state index contributed by atoms with van der Waals surface area (Å²) < 4.78 is 0. The third-order valence-electron chi connectivity index (χ3n) is 3.04. The van der Waals surface area contributed by atoms with Gasteiger partial charge in [0, 0.05) is 12.7 Å². The van der Waals surface area contributed by atoms with E-state index < -0.39 is 30.0 Å². The maximum Gasteiger partial charge on any atom is 0.326 e. The Morgan fingerprint density at radius 1 is 1.14 bits per heavy atom. The number of hydrogen-bond donors (Lipinski definition) is 3. The number of anilines is 1. The molecule has 0 heterocycles. The molecule has 0 saturated carbocycles. The maximum absolute atomic E-state index is 12.0. The number of nitrogens with one attached hydrogen (secondary N) is 2. The summed E-state index contributed by atoms with van der Waals surface area (Å²) in [7, 11) is 1.38. The lowest BCUT2D eigenvalue weighted by atomic mass is 10.2. The van der Waals surface area contributed by atoms with Crippen molar-refractivity contribution in [3.05, 3.63) is 30.3 Å². The molecule has 3 N–H and O–H groups in total. The SMILES string of the molecule is CC(NC(=O)Nc1ccccc1)C(=O)N(C)C(C)C(=O)O. The van der Waals surface area contributed by atoms with Crippen LogP contribution in [-0.4, -0.2) is 47.0 Å². The summed E-state index contributed by atoms with van der Waals surface area (Å²) in [5.74, 6) is -1.58. The number of benzene rings is 1. The van der Waals surface area contributed by atoms with E-state index in [0.717, 1.165) is 4.90 Å². The average Bonchev–Trinajstić information content (AvgIpc) is 2.45. The van der Waals surface area contributed by atoms with Gasteiger partial charge in [-0.3, -0.25) is 4.79 Å². The fraction of sp³-hybridized carbons (Fsp3) is 0.357. The van der Waals surface area contributed by atoms with Crippen molar-refractivity contribution < 1.29 is 19.5 Å². The Morgan fingerprint density at radius 3 is 2.24 bits per heavy atom. The lowest BCUT2D eigenvalue weighted by molar-refractivity contribution is -0.148. The highest BCUT2D eigenvalue weighted by Gasteiger charge is 2.26. The fourth-order valence-corrected chi connectivity index (χ4v) is 1.61. The van der Waals surface area contributed by atoms with E-state index in [2.05, 4.69) is 10.6 Å². The van der Waals surface area contributed by atoms with Gasteiger partial charge in [-0.05, 0) is 26.0 Å². The van der Waals surface area contributed by atoms with Crippen LogP contribution in [0.1, 0.15) is 13.8 Å². The molecular formula is C14H19N3O4. The lowest BCUT2D eigenvalue weighted by Crippen LogP contribution is -2.50. The second-order valence-electron chi connectivity index (χ2n) is 4.65. The van der Waals surface area contributed by atoms with Crippen LogP contribution in [0.2, 0.25) is 0 Å². The first-order valence-corrected chi connectivity index (χ1v) is 6.45. The second kappa shape index (κ2) is 7.28. The summed E-state index contributed by atoms with van der Waals surface area (Å²) in [4.78, 5) is 35.7. The van der Waals surface area contributed by atoms with E-state index in [1.807, 2.05) is 6.07 Å². The van der Waals surface area contributed by atoms with E-state index >= 15 is 0 Å². The largest absolute Gasteiger partial charge is 0.480 e. The average molecular weight is 293 g/mol. The van der Waals surface area contributed by atoms with Crippen LogP contribution in [0.5, 0.6) is 0 Å². The summed E-state index contributed by atoms with van der Waals surface area (Å²) in [6, 6.07) is 6.46. The first kappa shape index (κ1) is 16.5. The Kier molecular flexibility index (Phi) is 5.71. The predicted molar refractivity (Wildman–Crippen MR) is 77.9 cm³/mol. The number of aliphatic carboxylic acids is 1. The van der Waals surface area contributed by atoms with Crippen molar-refractivity contribution in [2.24, 2.45) is 0 Å². The molecule has 1 rings (SSSR count). The van der Waals surface area contributed by atoms with Crippen LogP contribution in [0.4, 0.5) is 10.5 Å². The van der Waals surface area contributed by atoms with Crippen LogP contribution in [0.3, 0.4) is 0 Å². The van der Waals surface area contributed by atoms with E-state index in [9.17, 15) is 14.4 Å². The van der Waals surface area contributed by atoms with Gasteiger partial charge >= 0.3 is 12.0 Å². The zero-order valence-electron chi connectivity index (χ0n) is 12.2. The van der Waals surface area contributed by atoms with Gasteiger partial charge in [0.25, 0.3) is 0 Å². The van der Waals surface area contributed by atoms with Gasteiger partial charge in [-0.25, -0.2) is 9.59 Å². The van der Waals surface area contributed by atoms with Crippen LogP contribution < -0.4 is 10.6 Å². The molecule has 0 bridgehead atoms. The number of carbonyl (C=O) groups excluding carboxylic acids is 2. The van der Waals surface area contributed by atoms with Crippen LogP contribution in [0, 0.1) is 0 Å². The van der Waals surface area contributed by atoms with E-state index in [4.69, 9.17) is 5.11 Å². The number of urea groups is 1. The van der Waals surface area contributed by atoms with E-state index in [-0.39, 0.29) is 0 Å². The molecule has 0 aliphatic carbocycles. The van der Waals surface area contributed by atoms with Gasteiger partial charge in [0.05, 0.1) is 0 Å². The number of carboxylic acid groups (broad SMARTS) is 1. The summed E-state index contributed by atoms with van der Waals surface area (Å²) >= 11 is 0.